The van der Waals surface area contributed by atoms with Gasteiger partial charge in [0, 0.05) is 60.8 Å². The average molecular weight is 791 g/mol. The van der Waals surface area contributed by atoms with E-state index in [2.05, 4.69) is 0 Å². The van der Waals surface area contributed by atoms with Crippen LogP contribution in [-0.2, 0) is 40.7 Å². The monoisotopic (exact) mass is 790 g/mol. The molecule has 286 valence electrons. The quantitative estimate of drug-likeness (QED) is 0.159. The molecule has 2 fully saturated rings. The number of hydrogen-bond acceptors (Lipinski definition) is 11. The lowest BCUT2D eigenvalue weighted by Gasteiger charge is -2.33. The highest BCUT2D eigenvalue weighted by atomic mass is 32.2. The van der Waals surface area contributed by atoms with E-state index in [0.29, 0.717) is 29.6 Å². The number of para-hydroxylation sites is 2. The molecule has 2 aromatic carbocycles. The van der Waals surface area contributed by atoms with Gasteiger partial charge in [-0.1, -0.05) is 76.2 Å². The van der Waals surface area contributed by atoms with Gasteiger partial charge in [0.05, 0.1) is 31.7 Å². The Morgan fingerprint density at radius 2 is 1.02 bits per heavy atom. The Balaban J connectivity index is 1.51. The van der Waals surface area contributed by atoms with E-state index in [1.165, 1.54) is 23.9 Å². The van der Waals surface area contributed by atoms with Crippen LogP contribution in [0, 0.1) is 0 Å². The van der Waals surface area contributed by atoms with E-state index in [9.17, 15) is 35.5 Å². The number of amides is 2. The van der Waals surface area contributed by atoms with E-state index in [1.807, 2.05) is 110 Å². The third-order valence-corrected chi connectivity index (χ3v) is 12.7. The van der Waals surface area contributed by atoms with E-state index < -0.39 is 54.4 Å². The molecule has 15 heteroatoms. The summed E-state index contributed by atoms with van der Waals surface area (Å²) in [6.07, 6.45) is 8.36. The highest BCUT2D eigenvalue weighted by Gasteiger charge is 2.43. The number of rotatable bonds is 8. The summed E-state index contributed by atoms with van der Waals surface area (Å²) in [6.45, 7) is 7.94. The Morgan fingerprint density at radius 3 is 1.39 bits per heavy atom. The maximum absolute atomic E-state index is 13.9. The standard InChI is InChI=1S/C39H44N4O8S3/c1-38(2)27-11-7-9-13-29(27)42(21-23-53(46,47)48)31(38)19-17-25-15-16-26(33(25)34-35(44)40(5)37(52)41(6)36(34)45)18-20-32-39(3,4)28-12-8-10-14-30(28)43(32)22-24-54(49,50)51/h7-14,17-20H,15-16,21-24H2,1-6H3,(H,46,47,48)(H,49,50,51)/p-2/b25-17+,26-18+,31-19+,32-20+. The first-order valence-electron chi connectivity index (χ1n) is 17.4. The molecule has 0 aromatic heterocycles. The number of carbonyl (C=O) groups is 2. The fourth-order valence-corrected chi connectivity index (χ4v) is 8.93. The summed E-state index contributed by atoms with van der Waals surface area (Å²) in [7, 11) is -6.00. The summed E-state index contributed by atoms with van der Waals surface area (Å²) in [6, 6.07) is 15.2. The largest absolute Gasteiger partial charge is 0.748 e. The summed E-state index contributed by atoms with van der Waals surface area (Å²) in [5, 5.41) is 0.0662. The van der Waals surface area contributed by atoms with E-state index in [-0.39, 0.29) is 23.8 Å². The molecule has 0 radical (unpaired) electrons. The summed E-state index contributed by atoms with van der Waals surface area (Å²) >= 11 is 5.38. The van der Waals surface area contributed by atoms with Gasteiger partial charge in [0.15, 0.2) is 5.11 Å². The molecule has 0 unspecified atom stereocenters. The molecule has 12 nitrogen and oxygen atoms in total. The highest BCUT2D eigenvalue weighted by molar-refractivity contribution is 7.86. The third-order valence-electron chi connectivity index (χ3n) is 10.8. The van der Waals surface area contributed by atoms with Crippen molar-refractivity contribution >= 4 is 60.8 Å². The highest BCUT2D eigenvalue weighted by Crippen LogP contribution is 2.50. The van der Waals surface area contributed by atoms with E-state index in [0.717, 1.165) is 33.9 Å². The second-order valence-corrected chi connectivity index (χ2v) is 18.3. The number of allylic oxidation sites excluding steroid dienone is 9. The summed E-state index contributed by atoms with van der Waals surface area (Å²) in [5.41, 5.74) is 5.62. The lowest BCUT2D eigenvalue weighted by Crippen LogP contribution is -2.53. The smallest absolute Gasteiger partial charge is 0.266 e. The van der Waals surface area contributed by atoms with Crippen molar-refractivity contribution < 1.29 is 35.5 Å². The fraction of sp³-hybridized carbons (Fsp3) is 0.359. The van der Waals surface area contributed by atoms with Crippen molar-refractivity contribution in [1.82, 2.24) is 9.80 Å². The Kier molecular flexibility index (Phi) is 10.2. The number of nitrogens with zero attached hydrogens (tertiary/aromatic N) is 4. The van der Waals surface area contributed by atoms with Crippen molar-refractivity contribution in [3.05, 3.63) is 118 Å². The molecule has 54 heavy (non-hydrogen) atoms. The molecule has 0 atom stereocenters. The van der Waals surface area contributed by atoms with Gasteiger partial charge in [-0.3, -0.25) is 19.4 Å². The molecule has 0 N–H and O–H groups in total. The van der Waals surface area contributed by atoms with Crippen LogP contribution < -0.4 is 9.80 Å². The van der Waals surface area contributed by atoms with Crippen LogP contribution in [0.1, 0.15) is 51.7 Å². The second-order valence-electron chi connectivity index (χ2n) is 14.9. The Hall–Kier alpha value is -4.41. The number of hydrogen-bond donors (Lipinski definition) is 0. The molecule has 0 bridgehead atoms. The second kappa shape index (κ2) is 14.0. The van der Waals surface area contributed by atoms with Crippen LogP contribution in [0.3, 0.4) is 0 Å². The molecule has 1 saturated heterocycles. The van der Waals surface area contributed by atoms with Gasteiger partial charge in [-0.15, -0.1) is 0 Å². The van der Waals surface area contributed by atoms with Gasteiger partial charge in [-0.2, -0.15) is 0 Å². The zero-order valence-electron chi connectivity index (χ0n) is 31.0. The first-order chi connectivity index (χ1) is 25.1. The number of benzene rings is 2. The van der Waals surface area contributed by atoms with Crippen LogP contribution in [0.5, 0.6) is 0 Å². The van der Waals surface area contributed by atoms with Crippen LogP contribution >= 0.6 is 12.2 Å². The first kappa shape index (κ1) is 39.3. The summed E-state index contributed by atoms with van der Waals surface area (Å²) < 4.78 is 70.4. The maximum Gasteiger partial charge on any atom is 0.266 e. The fourth-order valence-electron chi connectivity index (χ4n) is 7.95. The summed E-state index contributed by atoms with van der Waals surface area (Å²) in [5.74, 6) is -2.29. The summed E-state index contributed by atoms with van der Waals surface area (Å²) in [4.78, 5) is 34.0. The zero-order chi connectivity index (χ0) is 39.5. The molecular formula is C39H42N4O8S3-2. The maximum atomic E-state index is 13.9. The Bertz CT molecular complexity index is 2190. The minimum atomic E-state index is -4.52. The molecule has 4 aliphatic rings. The van der Waals surface area contributed by atoms with Crippen molar-refractivity contribution in [2.24, 2.45) is 0 Å². The van der Waals surface area contributed by atoms with Crippen LogP contribution in [0.25, 0.3) is 0 Å². The molecule has 3 aliphatic heterocycles. The van der Waals surface area contributed by atoms with Gasteiger partial charge in [0.25, 0.3) is 11.8 Å². The molecule has 1 aliphatic carbocycles. The normalized spacial score (nSPS) is 22.9. The predicted octanol–water partition coefficient (Wildman–Crippen LogP) is 4.60. The van der Waals surface area contributed by atoms with Crippen LogP contribution in [0.4, 0.5) is 11.4 Å². The van der Waals surface area contributed by atoms with E-state index >= 15 is 0 Å². The molecule has 1 saturated carbocycles. The van der Waals surface area contributed by atoms with Crippen LogP contribution in [0.2, 0.25) is 0 Å². The number of carbonyl (C=O) groups excluding carboxylic acids is 2. The third kappa shape index (κ3) is 7.10. The van der Waals surface area contributed by atoms with Gasteiger partial charge in [-0.25, -0.2) is 16.8 Å². The number of fused-ring (bicyclic) bond motifs is 2. The van der Waals surface area contributed by atoms with Crippen LogP contribution in [-0.4, -0.2) is 91.4 Å². The van der Waals surface area contributed by atoms with Crippen molar-refractivity contribution in [1.29, 1.82) is 0 Å². The Labute approximate surface area is 322 Å². The zero-order valence-corrected chi connectivity index (χ0v) is 33.4. The number of thiocarbonyl (C=S) groups is 1. The molecule has 2 aromatic rings. The van der Waals surface area contributed by atoms with E-state index in [1.54, 1.807) is 0 Å². The minimum absolute atomic E-state index is 0.0491. The van der Waals surface area contributed by atoms with Crippen molar-refractivity contribution in [2.45, 2.75) is 51.4 Å². The van der Waals surface area contributed by atoms with Crippen molar-refractivity contribution in [3.63, 3.8) is 0 Å². The SMILES string of the molecule is CN1C(=O)C(=C2/C(=C/C=C3/N(CCS(=O)(=O)[O-])c4ccccc4C3(C)C)CC/C2=C\C=C2\N(CCS(=O)(=O)[O-])c3ccccc3C2(C)C)C(=O)N(C)C1=S. The van der Waals surface area contributed by atoms with E-state index in [4.69, 9.17) is 12.2 Å². The van der Waals surface area contributed by atoms with Gasteiger partial charge in [0.1, 0.15) is 5.57 Å². The number of anilines is 2. The Morgan fingerprint density at radius 1 is 0.648 bits per heavy atom. The predicted molar refractivity (Wildman–Crippen MR) is 209 cm³/mol. The van der Waals surface area contributed by atoms with Crippen molar-refractivity contribution in [3.8, 4) is 0 Å². The van der Waals surface area contributed by atoms with Gasteiger partial charge in [-0.05, 0) is 77.2 Å². The molecular weight excluding hydrogens is 749 g/mol. The van der Waals surface area contributed by atoms with Gasteiger partial charge in [0.2, 0.25) is 0 Å². The lowest BCUT2D eigenvalue weighted by atomic mass is 9.83. The minimum Gasteiger partial charge on any atom is -0.748 e. The average Bonchev–Trinajstić information content (AvgIpc) is 3.66. The topological polar surface area (TPSA) is 162 Å². The van der Waals surface area contributed by atoms with Crippen LogP contribution in [0.15, 0.2) is 107 Å². The molecule has 3 heterocycles. The number of likely N-dealkylation sites (N-methyl/N-ethyl adjacent to an activating group) is 2. The van der Waals surface area contributed by atoms with Crippen molar-refractivity contribution in [2.75, 3.05) is 48.5 Å². The lowest BCUT2D eigenvalue weighted by molar-refractivity contribution is -0.132. The molecule has 2 amide bonds. The van der Waals surface area contributed by atoms with Gasteiger partial charge >= 0.3 is 0 Å². The first-order valence-corrected chi connectivity index (χ1v) is 21.0. The molecule has 0 spiro atoms. The molecule has 6 rings (SSSR count). The van der Waals surface area contributed by atoms with Gasteiger partial charge < -0.3 is 18.9 Å².